The number of rotatable bonds is 6. The van der Waals surface area contributed by atoms with Gasteiger partial charge >= 0.3 is 5.97 Å². The second-order valence-electron chi connectivity index (χ2n) is 4.46. The first-order valence-electron chi connectivity index (χ1n) is 6.42. The SMILES string of the molecule is C=CCCC(=O)CC(=O)ON1Cc2ccccc2C=N1. The molecule has 0 spiro atoms. The van der Waals surface area contributed by atoms with Crippen molar-refractivity contribution in [1.29, 1.82) is 0 Å². The van der Waals surface area contributed by atoms with Crippen molar-refractivity contribution >= 4 is 18.0 Å². The zero-order chi connectivity index (χ0) is 14.4. The summed E-state index contributed by atoms with van der Waals surface area (Å²) in [5, 5.41) is 5.22. The van der Waals surface area contributed by atoms with Crippen molar-refractivity contribution in [3.05, 3.63) is 48.0 Å². The highest BCUT2D eigenvalue weighted by molar-refractivity contribution is 5.95. The van der Waals surface area contributed by atoms with E-state index in [1.54, 1.807) is 12.3 Å². The normalized spacial score (nSPS) is 12.7. The van der Waals surface area contributed by atoms with Crippen LogP contribution in [0.2, 0.25) is 0 Å². The van der Waals surface area contributed by atoms with Crippen LogP contribution in [-0.4, -0.2) is 23.1 Å². The highest BCUT2D eigenvalue weighted by Gasteiger charge is 2.17. The summed E-state index contributed by atoms with van der Waals surface area (Å²) in [6, 6.07) is 7.72. The number of hydrogen-bond acceptors (Lipinski definition) is 5. The number of ketones is 1. The number of hydrogen-bond donors (Lipinski definition) is 0. The molecule has 1 aromatic rings. The average molecular weight is 272 g/mol. The zero-order valence-electron chi connectivity index (χ0n) is 11.1. The number of nitrogens with zero attached hydrogens (tertiary/aromatic N) is 2. The van der Waals surface area contributed by atoms with E-state index in [2.05, 4.69) is 11.7 Å². The maximum absolute atomic E-state index is 11.6. The van der Waals surface area contributed by atoms with Crippen molar-refractivity contribution in [2.45, 2.75) is 25.8 Å². The number of carbonyl (C=O) groups is 2. The molecule has 1 aliphatic heterocycles. The van der Waals surface area contributed by atoms with Crippen molar-refractivity contribution in [2.24, 2.45) is 5.10 Å². The summed E-state index contributed by atoms with van der Waals surface area (Å²) in [6.45, 7) is 3.92. The van der Waals surface area contributed by atoms with E-state index in [1.165, 1.54) is 5.17 Å². The lowest BCUT2D eigenvalue weighted by atomic mass is 10.1. The quantitative estimate of drug-likeness (QED) is 0.588. The fourth-order valence-corrected chi connectivity index (χ4v) is 1.84. The van der Waals surface area contributed by atoms with Crippen LogP contribution in [-0.2, 0) is 21.0 Å². The fraction of sp³-hybridized carbons (Fsp3) is 0.267. The molecule has 0 saturated carbocycles. The van der Waals surface area contributed by atoms with Gasteiger partial charge in [-0.25, -0.2) is 4.79 Å². The maximum Gasteiger partial charge on any atom is 0.341 e. The Kier molecular flexibility index (Phi) is 4.65. The summed E-state index contributed by atoms with van der Waals surface area (Å²) in [6.07, 6.45) is 3.92. The second kappa shape index (κ2) is 6.65. The minimum atomic E-state index is -0.587. The Morgan fingerprint density at radius 3 is 3.00 bits per heavy atom. The van der Waals surface area contributed by atoms with Crippen LogP contribution in [0.15, 0.2) is 42.0 Å². The fourth-order valence-electron chi connectivity index (χ4n) is 1.84. The van der Waals surface area contributed by atoms with Crippen molar-refractivity contribution in [3.63, 3.8) is 0 Å². The zero-order valence-corrected chi connectivity index (χ0v) is 11.1. The van der Waals surface area contributed by atoms with Gasteiger partial charge in [-0.2, -0.15) is 0 Å². The van der Waals surface area contributed by atoms with E-state index in [4.69, 9.17) is 4.84 Å². The van der Waals surface area contributed by atoms with Crippen LogP contribution in [0.5, 0.6) is 0 Å². The van der Waals surface area contributed by atoms with E-state index < -0.39 is 5.97 Å². The van der Waals surface area contributed by atoms with Gasteiger partial charge in [-0.1, -0.05) is 30.3 Å². The molecule has 1 aromatic carbocycles. The lowest BCUT2D eigenvalue weighted by Crippen LogP contribution is -2.26. The number of carbonyl (C=O) groups excluding carboxylic acids is 2. The third-order valence-corrected chi connectivity index (χ3v) is 2.86. The molecular weight excluding hydrogens is 256 g/mol. The molecule has 0 fully saturated rings. The number of hydrazone groups is 1. The van der Waals surface area contributed by atoms with Crippen LogP contribution < -0.4 is 0 Å². The van der Waals surface area contributed by atoms with E-state index in [0.29, 0.717) is 19.4 Å². The number of benzene rings is 1. The summed E-state index contributed by atoms with van der Waals surface area (Å²) in [5.74, 6) is -0.744. The van der Waals surface area contributed by atoms with Crippen LogP contribution >= 0.6 is 0 Å². The first kappa shape index (κ1) is 14.0. The average Bonchev–Trinajstić information content (AvgIpc) is 2.44. The Morgan fingerprint density at radius 1 is 1.40 bits per heavy atom. The lowest BCUT2D eigenvalue weighted by Gasteiger charge is -2.21. The van der Waals surface area contributed by atoms with E-state index in [1.807, 2.05) is 24.3 Å². The van der Waals surface area contributed by atoms with Gasteiger partial charge in [0.2, 0.25) is 0 Å². The van der Waals surface area contributed by atoms with E-state index >= 15 is 0 Å². The minimum absolute atomic E-state index is 0.156. The number of fused-ring (bicyclic) bond motifs is 1. The molecule has 104 valence electrons. The van der Waals surface area contributed by atoms with Crippen LogP contribution in [0.25, 0.3) is 0 Å². The smallest absolute Gasteiger partial charge is 0.323 e. The van der Waals surface area contributed by atoms with Gasteiger partial charge in [-0.3, -0.25) is 4.79 Å². The molecule has 1 aliphatic rings. The largest absolute Gasteiger partial charge is 0.341 e. The molecule has 0 radical (unpaired) electrons. The molecule has 0 unspecified atom stereocenters. The molecule has 5 heteroatoms. The lowest BCUT2D eigenvalue weighted by molar-refractivity contribution is -0.194. The van der Waals surface area contributed by atoms with E-state index in [0.717, 1.165) is 11.1 Å². The monoisotopic (exact) mass is 272 g/mol. The van der Waals surface area contributed by atoms with Crippen molar-refractivity contribution in [2.75, 3.05) is 0 Å². The van der Waals surface area contributed by atoms with Gasteiger partial charge in [-0.15, -0.1) is 16.9 Å². The Balaban J connectivity index is 1.85. The molecule has 0 aromatic heterocycles. The van der Waals surface area contributed by atoms with Gasteiger partial charge in [0.25, 0.3) is 0 Å². The standard InChI is InChI=1S/C15H16N2O3/c1-2-3-8-14(18)9-15(19)20-17-11-13-7-5-4-6-12(13)10-16-17/h2,4-7,10H,1,3,8-9,11H2. The minimum Gasteiger partial charge on any atom is -0.323 e. The van der Waals surface area contributed by atoms with Gasteiger partial charge in [0.05, 0.1) is 6.21 Å². The van der Waals surface area contributed by atoms with Crippen LogP contribution in [0.4, 0.5) is 0 Å². The Labute approximate surface area is 117 Å². The van der Waals surface area contributed by atoms with Crippen LogP contribution in [0.3, 0.4) is 0 Å². The number of hydroxylamine groups is 1. The van der Waals surface area contributed by atoms with E-state index in [9.17, 15) is 9.59 Å². The topological polar surface area (TPSA) is 59.0 Å². The Morgan fingerprint density at radius 2 is 2.20 bits per heavy atom. The molecule has 0 bridgehead atoms. The predicted molar refractivity (Wildman–Crippen MR) is 74.7 cm³/mol. The molecule has 0 aliphatic carbocycles. The molecular formula is C15H16N2O3. The van der Waals surface area contributed by atoms with Crippen molar-refractivity contribution < 1.29 is 14.4 Å². The molecule has 0 saturated heterocycles. The third-order valence-electron chi connectivity index (χ3n) is 2.86. The number of allylic oxidation sites excluding steroid dienone is 1. The van der Waals surface area contributed by atoms with Gasteiger partial charge in [0.15, 0.2) is 0 Å². The highest BCUT2D eigenvalue weighted by atomic mass is 16.7. The first-order valence-corrected chi connectivity index (χ1v) is 6.42. The predicted octanol–water partition coefficient (Wildman–Crippen LogP) is 2.22. The summed E-state index contributed by atoms with van der Waals surface area (Å²) < 4.78 is 0. The van der Waals surface area contributed by atoms with Gasteiger partial charge in [0.1, 0.15) is 18.7 Å². The van der Waals surface area contributed by atoms with Gasteiger partial charge in [-0.05, 0) is 17.5 Å². The summed E-state index contributed by atoms with van der Waals surface area (Å²) >= 11 is 0. The number of Topliss-reactive ketones (excluding diaryl/α,β-unsaturated/α-hetero) is 1. The van der Waals surface area contributed by atoms with Crippen molar-refractivity contribution in [3.8, 4) is 0 Å². The summed E-state index contributed by atoms with van der Waals surface area (Å²) in [4.78, 5) is 28.1. The molecule has 0 amide bonds. The van der Waals surface area contributed by atoms with Gasteiger partial charge in [0, 0.05) is 6.42 Å². The third kappa shape index (κ3) is 3.78. The summed E-state index contributed by atoms with van der Waals surface area (Å²) in [7, 11) is 0. The summed E-state index contributed by atoms with van der Waals surface area (Å²) in [5.41, 5.74) is 2.02. The highest BCUT2D eigenvalue weighted by Crippen LogP contribution is 2.15. The van der Waals surface area contributed by atoms with Crippen molar-refractivity contribution in [1.82, 2.24) is 5.17 Å². The molecule has 5 nitrogen and oxygen atoms in total. The molecule has 0 N–H and O–H groups in total. The molecule has 1 heterocycles. The Bertz CT molecular complexity index is 552. The van der Waals surface area contributed by atoms with Gasteiger partial charge < -0.3 is 4.84 Å². The first-order chi connectivity index (χ1) is 9.69. The van der Waals surface area contributed by atoms with Crippen LogP contribution in [0.1, 0.15) is 30.4 Å². The molecule has 2 rings (SSSR count). The van der Waals surface area contributed by atoms with E-state index in [-0.39, 0.29) is 12.2 Å². The second-order valence-corrected chi connectivity index (χ2v) is 4.46. The molecule has 0 atom stereocenters. The Hall–Kier alpha value is -2.43. The molecule has 20 heavy (non-hydrogen) atoms. The maximum atomic E-state index is 11.6. The van der Waals surface area contributed by atoms with Crippen LogP contribution in [0, 0.1) is 0 Å².